The number of hydrogen-bond donors (Lipinski definition) is 1. The number of nitrogens with one attached hydrogen (secondary N) is 1. The van der Waals surface area contributed by atoms with Crippen molar-refractivity contribution in [3.8, 4) is 0 Å². The predicted octanol–water partition coefficient (Wildman–Crippen LogP) is 3.98. The summed E-state index contributed by atoms with van der Waals surface area (Å²) in [6.45, 7) is 2.01. The lowest BCUT2D eigenvalue weighted by molar-refractivity contribution is -0.111. The molecule has 0 radical (unpaired) electrons. The summed E-state index contributed by atoms with van der Waals surface area (Å²) < 4.78 is 0. The number of rotatable bonds is 3. The Morgan fingerprint density at radius 2 is 2.09 bits per heavy atom. The first-order valence-electron chi connectivity index (χ1n) is 7.65. The molecule has 1 amide bonds. The lowest BCUT2D eigenvalue weighted by Gasteiger charge is -2.25. The number of halogens is 1. The lowest BCUT2D eigenvalue weighted by Crippen LogP contribution is -2.26. The first-order chi connectivity index (χ1) is 11.1. The Morgan fingerprint density at radius 1 is 1.22 bits per heavy atom. The normalized spacial score (nSPS) is 14.7. The minimum Gasteiger partial charge on any atom is -0.323 e. The van der Waals surface area contributed by atoms with Gasteiger partial charge in [-0.3, -0.25) is 4.79 Å². The largest absolute Gasteiger partial charge is 0.323 e. The number of fused-ring (bicyclic) bond motifs is 1. The molecular formula is C19H19ClN2O. The number of hydrogen-bond acceptors (Lipinski definition) is 2. The second kappa shape index (κ2) is 6.99. The molecule has 1 aliphatic heterocycles. The highest BCUT2D eigenvalue weighted by atomic mass is 35.5. The minimum absolute atomic E-state index is 0.144. The fourth-order valence-corrected chi connectivity index (χ4v) is 2.94. The minimum atomic E-state index is -0.144. The van der Waals surface area contributed by atoms with Gasteiger partial charge in [0, 0.05) is 29.9 Å². The summed E-state index contributed by atoms with van der Waals surface area (Å²) in [5.41, 5.74) is 4.39. The Balaban J connectivity index is 1.67. The highest BCUT2D eigenvalue weighted by molar-refractivity contribution is 6.30. The standard InChI is InChI=1S/C19H19ClN2O/c1-22-10-9-15-6-7-18(12-16(15)13-22)21-19(23)8-5-14-3-2-4-17(20)11-14/h2-8,11-12H,9-10,13H2,1H3,(H,21,23)/b8-5+. The van der Waals surface area contributed by atoms with Gasteiger partial charge < -0.3 is 10.2 Å². The molecule has 3 nitrogen and oxygen atoms in total. The number of carbonyl (C=O) groups is 1. The van der Waals surface area contributed by atoms with Gasteiger partial charge >= 0.3 is 0 Å². The number of likely N-dealkylation sites (N-methyl/N-ethyl adjacent to an activating group) is 1. The number of anilines is 1. The summed E-state index contributed by atoms with van der Waals surface area (Å²) in [7, 11) is 2.11. The van der Waals surface area contributed by atoms with Gasteiger partial charge in [0.05, 0.1) is 0 Å². The van der Waals surface area contributed by atoms with Crippen molar-refractivity contribution in [1.82, 2.24) is 4.90 Å². The molecule has 0 saturated heterocycles. The monoisotopic (exact) mass is 326 g/mol. The third-order valence-corrected chi connectivity index (χ3v) is 4.19. The zero-order chi connectivity index (χ0) is 16.2. The molecule has 0 saturated carbocycles. The van der Waals surface area contributed by atoms with Crippen molar-refractivity contribution in [2.45, 2.75) is 13.0 Å². The van der Waals surface area contributed by atoms with Gasteiger partial charge in [0.25, 0.3) is 0 Å². The van der Waals surface area contributed by atoms with Crippen molar-refractivity contribution >= 4 is 29.3 Å². The van der Waals surface area contributed by atoms with E-state index in [1.165, 1.54) is 17.2 Å². The summed E-state index contributed by atoms with van der Waals surface area (Å²) >= 11 is 5.93. The number of benzene rings is 2. The molecule has 1 heterocycles. The molecular weight excluding hydrogens is 308 g/mol. The SMILES string of the molecule is CN1CCc2ccc(NC(=O)/C=C/c3cccc(Cl)c3)cc2C1. The number of carbonyl (C=O) groups excluding carboxylic acids is 1. The molecule has 118 valence electrons. The summed E-state index contributed by atoms with van der Waals surface area (Å²) in [6.07, 6.45) is 4.35. The average Bonchev–Trinajstić information content (AvgIpc) is 2.53. The molecule has 2 aromatic carbocycles. The van der Waals surface area contributed by atoms with E-state index < -0.39 is 0 Å². The van der Waals surface area contributed by atoms with E-state index in [-0.39, 0.29) is 5.91 Å². The molecule has 0 aromatic heterocycles. The highest BCUT2D eigenvalue weighted by Crippen LogP contribution is 2.22. The maximum Gasteiger partial charge on any atom is 0.248 e. The molecule has 1 aliphatic rings. The fourth-order valence-electron chi connectivity index (χ4n) is 2.74. The number of amides is 1. The van der Waals surface area contributed by atoms with E-state index in [9.17, 15) is 4.79 Å². The van der Waals surface area contributed by atoms with Crippen molar-refractivity contribution in [2.24, 2.45) is 0 Å². The van der Waals surface area contributed by atoms with Gasteiger partial charge in [-0.15, -0.1) is 0 Å². The zero-order valence-electron chi connectivity index (χ0n) is 13.1. The van der Waals surface area contributed by atoms with Gasteiger partial charge in [-0.1, -0.05) is 29.8 Å². The molecule has 0 aliphatic carbocycles. The van der Waals surface area contributed by atoms with Crippen LogP contribution in [0.5, 0.6) is 0 Å². The number of nitrogens with zero attached hydrogens (tertiary/aromatic N) is 1. The van der Waals surface area contributed by atoms with E-state index >= 15 is 0 Å². The topological polar surface area (TPSA) is 32.3 Å². The quantitative estimate of drug-likeness (QED) is 0.865. The van der Waals surface area contributed by atoms with E-state index in [0.29, 0.717) is 5.02 Å². The second-order valence-corrected chi connectivity index (χ2v) is 6.29. The predicted molar refractivity (Wildman–Crippen MR) is 95.6 cm³/mol. The van der Waals surface area contributed by atoms with Crippen molar-refractivity contribution in [2.75, 3.05) is 18.9 Å². The molecule has 3 rings (SSSR count). The summed E-state index contributed by atoms with van der Waals surface area (Å²) in [5.74, 6) is -0.144. The van der Waals surface area contributed by atoms with Gasteiger partial charge in [0.15, 0.2) is 0 Å². The molecule has 0 fully saturated rings. The van der Waals surface area contributed by atoms with E-state index in [1.807, 2.05) is 30.3 Å². The maximum atomic E-state index is 12.1. The third kappa shape index (κ3) is 4.21. The van der Waals surface area contributed by atoms with Crippen LogP contribution in [0.15, 0.2) is 48.5 Å². The highest BCUT2D eigenvalue weighted by Gasteiger charge is 2.13. The fraction of sp³-hybridized carbons (Fsp3) is 0.211. The molecule has 0 bridgehead atoms. The first-order valence-corrected chi connectivity index (χ1v) is 8.03. The molecule has 0 spiro atoms. The smallest absolute Gasteiger partial charge is 0.248 e. The van der Waals surface area contributed by atoms with Crippen LogP contribution in [0, 0.1) is 0 Å². The molecule has 23 heavy (non-hydrogen) atoms. The zero-order valence-corrected chi connectivity index (χ0v) is 13.8. The van der Waals surface area contributed by atoms with Crippen LogP contribution in [0.2, 0.25) is 5.02 Å². The van der Waals surface area contributed by atoms with Crippen LogP contribution < -0.4 is 5.32 Å². The first kappa shape index (κ1) is 15.8. The maximum absolute atomic E-state index is 12.1. The summed E-state index contributed by atoms with van der Waals surface area (Å²) in [5, 5.41) is 3.57. The van der Waals surface area contributed by atoms with Crippen LogP contribution in [0.25, 0.3) is 6.08 Å². The lowest BCUT2D eigenvalue weighted by atomic mass is 9.99. The third-order valence-electron chi connectivity index (χ3n) is 3.95. The Bertz CT molecular complexity index is 755. The summed E-state index contributed by atoms with van der Waals surface area (Å²) in [6, 6.07) is 13.5. The van der Waals surface area contributed by atoms with E-state index in [4.69, 9.17) is 11.6 Å². The Kier molecular flexibility index (Phi) is 4.79. The van der Waals surface area contributed by atoms with Crippen LogP contribution in [0.3, 0.4) is 0 Å². The molecule has 0 unspecified atom stereocenters. The second-order valence-electron chi connectivity index (χ2n) is 5.85. The van der Waals surface area contributed by atoms with Crippen molar-refractivity contribution in [1.29, 1.82) is 0 Å². The summed E-state index contributed by atoms with van der Waals surface area (Å²) in [4.78, 5) is 14.3. The van der Waals surface area contributed by atoms with Crippen LogP contribution >= 0.6 is 11.6 Å². The van der Waals surface area contributed by atoms with Crippen LogP contribution in [-0.2, 0) is 17.8 Å². The van der Waals surface area contributed by atoms with Gasteiger partial charge in [-0.05, 0) is 60.5 Å². The molecule has 2 aromatic rings. The van der Waals surface area contributed by atoms with Gasteiger partial charge in [-0.25, -0.2) is 0 Å². The van der Waals surface area contributed by atoms with Crippen LogP contribution in [0.4, 0.5) is 5.69 Å². The van der Waals surface area contributed by atoms with E-state index in [1.54, 1.807) is 6.08 Å². The van der Waals surface area contributed by atoms with E-state index in [2.05, 4.69) is 29.4 Å². The molecule has 0 atom stereocenters. The van der Waals surface area contributed by atoms with Gasteiger partial charge in [0.2, 0.25) is 5.91 Å². The van der Waals surface area contributed by atoms with Crippen LogP contribution in [0.1, 0.15) is 16.7 Å². The Labute approximate surface area is 141 Å². The van der Waals surface area contributed by atoms with Crippen molar-refractivity contribution in [3.63, 3.8) is 0 Å². The van der Waals surface area contributed by atoms with Crippen LogP contribution in [-0.4, -0.2) is 24.4 Å². The van der Waals surface area contributed by atoms with Gasteiger partial charge in [0.1, 0.15) is 0 Å². The Hall–Kier alpha value is -2.10. The van der Waals surface area contributed by atoms with Gasteiger partial charge in [-0.2, -0.15) is 0 Å². The van der Waals surface area contributed by atoms with Crippen molar-refractivity contribution in [3.05, 3.63) is 70.3 Å². The van der Waals surface area contributed by atoms with E-state index in [0.717, 1.165) is 30.8 Å². The molecule has 1 N–H and O–H groups in total. The van der Waals surface area contributed by atoms with Crippen molar-refractivity contribution < 1.29 is 4.79 Å². The average molecular weight is 327 g/mol. The molecule has 4 heteroatoms. The Morgan fingerprint density at radius 3 is 2.91 bits per heavy atom.